The molecule has 1 amide bonds. The Morgan fingerprint density at radius 3 is 2.78 bits per heavy atom. The molecule has 176 valence electrons. The number of rotatable bonds is 13. The molecule has 2 heterocycles. The van der Waals surface area contributed by atoms with Crippen LogP contribution in [-0.4, -0.2) is 48.1 Å². The van der Waals surface area contributed by atoms with E-state index >= 15 is 0 Å². The molecule has 6 heteroatoms. The van der Waals surface area contributed by atoms with Crippen LogP contribution in [0.25, 0.3) is 10.9 Å². The van der Waals surface area contributed by atoms with Crippen molar-refractivity contribution in [2.45, 2.75) is 77.7 Å². The molecule has 1 aromatic heterocycles. The van der Waals surface area contributed by atoms with Gasteiger partial charge >= 0.3 is 0 Å². The lowest BCUT2D eigenvalue weighted by Crippen LogP contribution is -2.38. The molecule has 0 spiro atoms. The lowest BCUT2D eigenvalue weighted by Gasteiger charge is -2.32. The minimum absolute atomic E-state index is 0.0634. The molecule has 1 aromatic carbocycles. The standard InChI is InChI=1S/C26H39N3O3/c1-3-5-10-21-19-22-11-9-14-27-26(22)24(20-21)32-23-12-16-29(17-13-23)15-7-6-8-18-31-28-25(30)4-2/h9,11,14,19-20,23H,3-8,10,12-13,15-18H2,1-2H3,(H,28,30). The highest BCUT2D eigenvalue weighted by atomic mass is 16.6. The summed E-state index contributed by atoms with van der Waals surface area (Å²) in [4.78, 5) is 23.4. The summed E-state index contributed by atoms with van der Waals surface area (Å²) in [7, 11) is 0. The smallest absolute Gasteiger partial charge is 0.243 e. The fourth-order valence-corrected chi connectivity index (χ4v) is 4.15. The second kappa shape index (κ2) is 13.4. The summed E-state index contributed by atoms with van der Waals surface area (Å²) < 4.78 is 6.50. The SMILES string of the molecule is CCCCc1cc(OC2CCN(CCCCCONC(=O)CC)CC2)c2ncccc2c1. The van der Waals surface area contributed by atoms with Crippen LogP contribution >= 0.6 is 0 Å². The van der Waals surface area contributed by atoms with E-state index in [9.17, 15) is 4.79 Å². The van der Waals surface area contributed by atoms with Gasteiger partial charge in [0.15, 0.2) is 0 Å². The minimum Gasteiger partial charge on any atom is -0.488 e. The van der Waals surface area contributed by atoms with Crippen LogP contribution in [-0.2, 0) is 16.1 Å². The summed E-state index contributed by atoms with van der Waals surface area (Å²) in [5.41, 5.74) is 4.78. The number of piperidine rings is 1. The number of amides is 1. The van der Waals surface area contributed by atoms with Gasteiger partial charge in [0.05, 0.1) is 6.61 Å². The van der Waals surface area contributed by atoms with Crippen LogP contribution in [0.5, 0.6) is 5.75 Å². The molecule has 32 heavy (non-hydrogen) atoms. The van der Waals surface area contributed by atoms with E-state index < -0.39 is 0 Å². The highest BCUT2D eigenvalue weighted by Gasteiger charge is 2.21. The topological polar surface area (TPSA) is 63.7 Å². The zero-order valence-corrected chi connectivity index (χ0v) is 19.8. The molecule has 1 aliphatic heterocycles. The maximum atomic E-state index is 11.1. The molecule has 0 saturated carbocycles. The molecule has 3 rings (SSSR count). The first-order valence-corrected chi connectivity index (χ1v) is 12.4. The number of pyridine rings is 1. The number of fused-ring (bicyclic) bond motifs is 1. The summed E-state index contributed by atoms with van der Waals surface area (Å²) >= 11 is 0. The number of hydrogen-bond donors (Lipinski definition) is 1. The Hall–Kier alpha value is -2.18. The highest BCUT2D eigenvalue weighted by molar-refractivity contribution is 5.85. The number of nitrogens with one attached hydrogen (secondary N) is 1. The fourth-order valence-electron chi connectivity index (χ4n) is 4.15. The monoisotopic (exact) mass is 441 g/mol. The van der Waals surface area contributed by atoms with Gasteiger partial charge in [-0.15, -0.1) is 0 Å². The number of hydrogen-bond acceptors (Lipinski definition) is 5. The summed E-state index contributed by atoms with van der Waals surface area (Å²) in [6.45, 7) is 7.90. The second-order valence-corrected chi connectivity index (χ2v) is 8.72. The van der Waals surface area contributed by atoms with Crippen molar-refractivity contribution in [2.75, 3.05) is 26.2 Å². The van der Waals surface area contributed by atoms with Gasteiger partial charge in [0.2, 0.25) is 5.91 Å². The van der Waals surface area contributed by atoms with Crippen LogP contribution < -0.4 is 10.2 Å². The van der Waals surface area contributed by atoms with Gasteiger partial charge in [0.1, 0.15) is 17.4 Å². The maximum Gasteiger partial charge on any atom is 0.243 e. The van der Waals surface area contributed by atoms with Crippen molar-refractivity contribution in [1.82, 2.24) is 15.4 Å². The lowest BCUT2D eigenvalue weighted by atomic mass is 10.0. The average molecular weight is 442 g/mol. The Balaban J connectivity index is 1.40. The van der Waals surface area contributed by atoms with Gasteiger partial charge < -0.3 is 9.64 Å². The first kappa shape index (κ1) is 24.5. The predicted octanol–water partition coefficient (Wildman–Crippen LogP) is 5.05. The molecule has 0 atom stereocenters. The second-order valence-electron chi connectivity index (χ2n) is 8.72. The molecule has 0 aliphatic carbocycles. The number of benzene rings is 1. The molecule has 1 saturated heterocycles. The Kier molecular flexibility index (Phi) is 10.2. The Labute approximate surface area is 192 Å². The number of likely N-dealkylation sites (tertiary alicyclic amines) is 1. The Morgan fingerprint density at radius 2 is 2.00 bits per heavy atom. The molecule has 0 radical (unpaired) electrons. The Bertz CT molecular complexity index is 834. The van der Waals surface area contributed by atoms with E-state index in [1.165, 1.54) is 23.8 Å². The molecule has 1 N–H and O–H groups in total. The van der Waals surface area contributed by atoms with Crippen molar-refractivity contribution in [2.24, 2.45) is 0 Å². The first-order valence-electron chi connectivity index (χ1n) is 12.4. The van der Waals surface area contributed by atoms with E-state index in [0.717, 1.165) is 69.4 Å². The first-order chi connectivity index (χ1) is 15.7. The number of nitrogens with zero attached hydrogens (tertiary/aromatic N) is 2. The summed E-state index contributed by atoms with van der Waals surface area (Å²) in [6, 6.07) is 8.61. The zero-order chi connectivity index (χ0) is 22.6. The van der Waals surface area contributed by atoms with Crippen molar-refractivity contribution in [3.63, 3.8) is 0 Å². The van der Waals surface area contributed by atoms with Gasteiger partial charge in [-0.2, -0.15) is 0 Å². The third-order valence-electron chi connectivity index (χ3n) is 6.10. The van der Waals surface area contributed by atoms with Crippen molar-refractivity contribution in [3.8, 4) is 5.75 Å². The van der Waals surface area contributed by atoms with Gasteiger partial charge in [-0.05, 0) is 75.3 Å². The van der Waals surface area contributed by atoms with Gasteiger partial charge in [-0.3, -0.25) is 14.6 Å². The number of carbonyl (C=O) groups is 1. The summed E-state index contributed by atoms with van der Waals surface area (Å²) in [5, 5.41) is 1.17. The van der Waals surface area contributed by atoms with E-state index in [1.807, 2.05) is 19.2 Å². The maximum absolute atomic E-state index is 11.1. The number of carbonyl (C=O) groups excluding carboxylic acids is 1. The molecular formula is C26H39N3O3. The largest absolute Gasteiger partial charge is 0.488 e. The molecule has 0 bridgehead atoms. The van der Waals surface area contributed by atoms with Gasteiger partial charge in [-0.1, -0.05) is 26.3 Å². The van der Waals surface area contributed by atoms with Crippen molar-refractivity contribution >= 4 is 16.8 Å². The van der Waals surface area contributed by atoms with Crippen molar-refractivity contribution < 1.29 is 14.4 Å². The van der Waals surface area contributed by atoms with Crippen LogP contribution in [0.15, 0.2) is 30.5 Å². The minimum atomic E-state index is -0.0634. The van der Waals surface area contributed by atoms with Gasteiger partial charge in [-0.25, -0.2) is 5.48 Å². The van der Waals surface area contributed by atoms with Gasteiger partial charge in [0, 0.05) is 31.1 Å². The average Bonchev–Trinajstić information content (AvgIpc) is 2.83. The van der Waals surface area contributed by atoms with E-state index in [-0.39, 0.29) is 12.0 Å². The molecule has 2 aromatic rings. The molecule has 1 fully saturated rings. The number of aryl methyl sites for hydroxylation is 1. The van der Waals surface area contributed by atoms with E-state index in [0.29, 0.717) is 13.0 Å². The quantitative estimate of drug-likeness (QED) is 0.348. The third-order valence-corrected chi connectivity index (χ3v) is 6.10. The molecule has 0 unspecified atom stereocenters. The zero-order valence-electron chi connectivity index (χ0n) is 19.8. The van der Waals surface area contributed by atoms with Crippen molar-refractivity contribution in [1.29, 1.82) is 0 Å². The molecule has 1 aliphatic rings. The molecular weight excluding hydrogens is 402 g/mol. The Morgan fingerprint density at radius 1 is 1.16 bits per heavy atom. The van der Waals surface area contributed by atoms with E-state index in [2.05, 4.69) is 40.5 Å². The third kappa shape index (κ3) is 7.75. The number of aromatic nitrogens is 1. The van der Waals surface area contributed by atoms with E-state index in [4.69, 9.17) is 9.57 Å². The van der Waals surface area contributed by atoms with Crippen LogP contribution in [0.2, 0.25) is 0 Å². The lowest BCUT2D eigenvalue weighted by molar-refractivity contribution is -0.133. The summed E-state index contributed by atoms with van der Waals surface area (Å²) in [5.74, 6) is 0.884. The molecule has 6 nitrogen and oxygen atoms in total. The van der Waals surface area contributed by atoms with Crippen LogP contribution in [0.4, 0.5) is 0 Å². The van der Waals surface area contributed by atoms with Crippen LogP contribution in [0.3, 0.4) is 0 Å². The number of hydroxylamine groups is 1. The van der Waals surface area contributed by atoms with Gasteiger partial charge in [0.25, 0.3) is 0 Å². The normalized spacial score (nSPS) is 15.2. The predicted molar refractivity (Wildman–Crippen MR) is 129 cm³/mol. The number of ether oxygens (including phenoxy) is 1. The highest BCUT2D eigenvalue weighted by Crippen LogP contribution is 2.29. The van der Waals surface area contributed by atoms with E-state index in [1.54, 1.807) is 0 Å². The van der Waals surface area contributed by atoms with Crippen molar-refractivity contribution in [3.05, 3.63) is 36.0 Å². The van der Waals surface area contributed by atoms with Crippen LogP contribution in [0, 0.1) is 0 Å². The summed E-state index contributed by atoms with van der Waals surface area (Å²) in [6.07, 6.45) is 11.4. The van der Waals surface area contributed by atoms with Crippen LogP contribution in [0.1, 0.15) is 70.8 Å². The number of unbranched alkanes of at least 4 members (excludes halogenated alkanes) is 3. The fraction of sp³-hybridized carbons (Fsp3) is 0.615.